The fourth-order valence-electron chi connectivity index (χ4n) is 3.38. The van der Waals surface area contributed by atoms with E-state index >= 15 is 0 Å². The molecule has 0 radical (unpaired) electrons. The molecule has 9 heteroatoms. The molecule has 1 fully saturated rings. The number of benzene rings is 1. The van der Waals surface area contributed by atoms with Gasteiger partial charge in [-0.2, -0.15) is 0 Å². The number of fused-ring (bicyclic) bond motifs is 2. The summed E-state index contributed by atoms with van der Waals surface area (Å²) in [7, 11) is 0. The zero-order valence-corrected chi connectivity index (χ0v) is 16.5. The van der Waals surface area contributed by atoms with Crippen LogP contribution in [0.1, 0.15) is 32.8 Å². The van der Waals surface area contributed by atoms with Gasteiger partial charge in [0.1, 0.15) is 16.4 Å². The molecule has 8 nitrogen and oxygen atoms in total. The number of halogens is 1. The highest BCUT2D eigenvalue weighted by Crippen LogP contribution is 2.35. The number of nitro groups is 1. The van der Waals surface area contributed by atoms with Gasteiger partial charge in [0.2, 0.25) is 0 Å². The van der Waals surface area contributed by atoms with E-state index in [2.05, 4.69) is 4.90 Å². The van der Waals surface area contributed by atoms with Crippen molar-refractivity contribution < 1.29 is 19.2 Å². The molecule has 2 aliphatic heterocycles. The standard InChI is InChI=1S/C18H24ClN3O5/c1-18(2,3)27-17(23)21-6-5-20-10-12-8-15(22(24)25)14(19)9-16(12)26-7-4-13(20)11-21/h8-9,13H,4-7,10-11H2,1-3H3/t13-/m0/s1. The van der Waals surface area contributed by atoms with Crippen molar-refractivity contribution in [3.63, 3.8) is 0 Å². The summed E-state index contributed by atoms with van der Waals surface area (Å²) in [6.07, 6.45) is 0.431. The molecule has 2 heterocycles. The van der Waals surface area contributed by atoms with Crippen molar-refractivity contribution >= 4 is 23.4 Å². The molecule has 3 rings (SSSR count). The minimum absolute atomic E-state index is 0.0746. The van der Waals surface area contributed by atoms with E-state index in [1.165, 1.54) is 12.1 Å². The predicted octanol–water partition coefficient (Wildman–Crippen LogP) is 3.45. The lowest BCUT2D eigenvalue weighted by Crippen LogP contribution is -2.55. The van der Waals surface area contributed by atoms with Crippen LogP contribution in [0.2, 0.25) is 5.02 Å². The smallest absolute Gasteiger partial charge is 0.410 e. The second kappa shape index (κ2) is 7.52. The van der Waals surface area contributed by atoms with E-state index in [0.717, 1.165) is 12.0 Å². The van der Waals surface area contributed by atoms with Crippen molar-refractivity contribution in [2.24, 2.45) is 0 Å². The summed E-state index contributed by atoms with van der Waals surface area (Å²) >= 11 is 6.00. The minimum Gasteiger partial charge on any atom is -0.493 e. The summed E-state index contributed by atoms with van der Waals surface area (Å²) in [6.45, 7) is 8.27. The van der Waals surface area contributed by atoms with E-state index in [1.54, 1.807) is 4.90 Å². The Labute approximate surface area is 163 Å². The van der Waals surface area contributed by atoms with Gasteiger partial charge in [0.25, 0.3) is 5.69 Å². The topological polar surface area (TPSA) is 85.2 Å². The number of piperazine rings is 1. The molecule has 0 aromatic heterocycles. The van der Waals surface area contributed by atoms with Gasteiger partial charge in [-0.25, -0.2) is 4.79 Å². The van der Waals surface area contributed by atoms with Gasteiger partial charge in [-0.15, -0.1) is 0 Å². The van der Waals surface area contributed by atoms with E-state index < -0.39 is 10.5 Å². The summed E-state index contributed by atoms with van der Waals surface area (Å²) in [5, 5.41) is 11.3. The van der Waals surface area contributed by atoms with Crippen molar-refractivity contribution in [3.8, 4) is 5.75 Å². The van der Waals surface area contributed by atoms with E-state index in [9.17, 15) is 14.9 Å². The van der Waals surface area contributed by atoms with Crippen molar-refractivity contribution in [3.05, 3.63) is 32.8 Å². The Morgan fingerprint density at radius 1 is 1.37 bits per heavy atom. The van der Waals surface area contributed by atoms with E-state index in [1.807, 2.05) is 20.8 Å². The number of nitrogens with zero attached hydrogens (tertiary/aromatic N) is 3. The largest absolute Gasteiger partial charge is 0.493 e. The molecule has 1 atom stereocenters. The highest BCUT2D eigenvalue weighted by Gasteiger charge is 2.33. The van der Waals surface area contributed by atoms with Crippen molar-refractivity contribution in [2.45, 2.75) is 45.4 Å². The van der Waals surface area contributed by atoms with E-state index in [4.69, 9.17) is 21.1 Å². The number of nitro benzene ring substituents is 1. The SMILES string of the molecule is CC(C)(C)OC(=O)N1CCN2Cc3cc([N+](=O)[O-])c(Cl)cc3OCC[C@H]2C1. The summed E-state index contributed by atoms with van der Waals surface area (Å²) in [6, 6.07) is 3.11. The summed E-state index contributed by atoms with van der Waals surface area (Å²) < 4.78 is 11.3. The number of hydrogen-bond donors (Lipinski definition) is 0. The Morgan fingerprint density at radius 2 is 2.11 bits per heavy atom. The van der Waals surface area contributed by atoms with Crippen LogP contribution in [0.25, 0.3) is 0 Å². The number of amides is 1. The highest BCUT2D eigenvalue weighted by molar-refractivity contribution is 6.32. The van der Waals surface area contributed by atoms with E-state index in [-0.39, 0.29) is 22.8 Å². The second-order valence-corrected chi connectivity index (χ2v) is 8.26. The van der Waals surface area contributed by atoms with Crippen molar-refractivity contribution in [1.29, 1.82) is 0 Å². The number of ether oxygens (including phenoxy) is 2. The predicted molar refractivity (Wildman–Crippen MR) is 100 cm³/mol. The van der Waals surface area contributed by atoms with Gasteiger partial charge >= 0.3 is 6.09 Å². The van der Waals surface area contributed by atoms with Crippen LogP contribution in [0.4, 0.5) is 10.5 Å². The number of hydrogen-bond acceptors (Lipinski definition) is 6. The minimum atomic E-state index is -0.532. The molecule has 0 saturated carbocycles. The number of rotatable bonds is 1. The van der Waals surface area contributed by atoms with Crippen LogP contribution in [-0.2, 0) is 11.3 Å². The van der Waals surface area contributed by atoms with Crippen LogP contribution < -0.4 is 4.74 Å². The van der Waals surface area contributed by atoms with Gasteiger partial charge in [-0.05, 0) is 27.2 Å². The van der Waals surface area contributed by atoms with Gasteiger partial charge in [0.05, 0.1) is 11.5 Å². The van der Waals surface area contributed by atoms with Crippen molar-refractivity contribution in [2.75, 3.05) is 26.2 Å². The number of carbonyl (C=O) groups excluding carboxylic acids is 1. The molecule has 0 unspecified atom stereocenters. The van der Waals surface area contributed by atoms with Crippen LogP contribution in [0.5, 0.6) is 5.75 Å². The molecule has 0 spiro atoms. The Hall–Kier alpha value is -2.06. The average Bonchev–Trinajstić information content (AvgIpc) is 2.54. The summed E-state index contributed by atoms with van der Waals surface area (Å²) in [5.41, 5.74) is 0.0835. The molecular weight excluding hydrogens is 374 g/mol. The van der Waals surface area contributed by atoms with Gasteiger partial charge in [0.15, 0.2) is 0 Å². The monoisotopic (exact) mass is 397 g/mol. The first-order valence-corrected chi connectivity index (χ1v) is 9.33. The lowest BCUT2D eigenvalue weighted by atomic mass is 10.0. The maximum atomic E-state index is 12.4. The lowest BCUT2D eigenvalue weighted by Gasteiger charge is -2.42. The first-order valence-electron chi connectivity index (χ1n) is 8.95. The molecule has 1 aromatic rings. The zero-order valence-electron chi connectivity index (χ0n) is 15.7. The molecular formula is C18H24ClN3O5. The lowest BCUT2D eigenvalue weighted by molar-refractivity contribution is -0.384. The fraction of sp³-hybridized carbons (Fsp3) is 0.611. The molecule has 0 bridgehead atoms. The van der Waals surface area contributed by atoms with Crippen LogP contribution in [0, 0.1) is 10.1 Å². The Bertz CT molecular complexity index is 749. The molecule has 0 aliphatic carbocycles. The van der Waals surface area contributed by atoms with Gasteiger partial charge in [-0.3, -0.25) is 15.0 Å². The molecule has 1 amide bonds. The van der Waals surface area contributed by atoms with Gasteiger partial charge < -0.3 is 14.4 Å². The molecule has 0 N–H and O–H groups in total. The van der Waals surface area contributed by atoms with Crippen LogP contribution in [0.15, 0.2) is 12.1 Å². The summed E-state index contributed by atoms with van der Waals surface area (Å²) in [5.74, 6) is 0.582. The highest BCUT2D eigenvalue weighted by atomic mass is 35.5. The maximum Gasteiger partial charge on any atom is 0.410 e. The summed E-state index contributed by atoms with van der Waals surface area (Å²) in [4.78, 5) is 27.0. The van der Waals surface area contributed by atoms with Crippen LogP contribution in [-0.4, -0.2) is 58.7 Å². The molecule has 1 aromatic carbocycles. The second-order valence-electron chi connectivity index (χ2n) is 7.86. The normalized spacial score (nSPS) is 20.6. The Balaban J connectivity index is 1.76. The van der Waals surface area contributed by atoms with Gasteiger partial charge in [0, 0.05) is 49.9 Å². The van der Waals surface area contributed by atoms with E-state index in [0.29, 0.717) is 38.5 Å². The Morgan fingerprint density at radius 3 is 2.78 bits per heavy atom. The third-order valence-corrected chi connectivity index (χ3v) is 4.97. The third kappa shape index (κ3) is 4.62. The number of carbonyl (C=O) groups is 1. The first kappa shape index (κ1) is 19.7. The Kier molecular flexibility index (Phi) is 5.48. The first-order chi connectivity index (χ1) is 12.6. The molecule has 2 aliphatic rings. The van der Waals surface area contributed by atoms with Gasteiger partial charge in [-0.1, -0.05) is 11.6 Å². The quantitative estimate of drug-likeness (QED) is 0.533. The molecule has 1 saturated heterocycles. The van der Waals surface area contributed by atoms with Crippen LogP contribution in [0.3, 0.4) is 0 Å². The average molecular weight is 398 g/mol. The van der Waals surface area contributed by atoms with Crippen molar-refractivity contribution in [1.82, 2.24) is 9.80 Å². The zero-order chi connectivity index (χ0) is 19.8. The fourth-order valence-corrected chi connectivity index (χ4v) is 3.60. The molecule has 148 valence electrons. The van der Waals surface area contributed by atoms with Crippen LogP contribution >= 0.6 is 11.6 Å². The maximum absolute atomic E-state index is 12.4. The third-order valence-electron chi connectivity index (χ3n) is 4.67. The molecule has 27 heavy (non-hydrogen) atoms.